The summed E-state index contributed by atoms with van der Waals surface area (Å²) in [5, 5.41) is 3.38. The number of aromatic nitrogens is 4. The van der Waals surface area contributed by atoms with Gasteiger partial charge in [-0.1, -0.05) is 0 Å². The third-order valence-corrected chi connectivity index (χ3v) is 4.52. The van der Waals surface area contributed by atoms with Crippen molar-refractivity contribution in [3.05, 3.63) is 42.4 Å². The average Bonchev–Trinajstić information content (AvgIpc) is 3.22. The minimum atomic E-state index is 0.327. The molecule has 0 saturated heterocycles. The lowest BCUT2D eigenvalue weighted by Gasteiger charge is -2.13. The van der Waals surface area contributed by atoms with Crippen LogP contribution in [0.1, 0.15) is 31.2 Å². The lowest BCUT2D eigenvalue weighted by molar-refractivity contribution is 0.201. The van der Waals surface area contributed by atoms with Gasteiger partial charge < -0.3 is 14.6 Å². The highest BCUT2D eigenvalue weighted by molar-refractivity contribution is 5.77. The number of fused-ring (bicyclic) bond motifs is 1. The number of nitrogens with one attached hydrogen (secondary N) is 1. The van der Waals surface area contributed by atoms with Crippen LogP contribution in [0, 0.1) is 0 Å². The summed E-state index contributed by atoms with van der Waals surface area (Å²) in [5.41, 5.74) is 3.08. The summed E-state index contributed by atoms with van der Waals surface area (Å²) in [7, 11) is 1.99. The van der Waals surface area contributed by atoms with Crippen LogP contribution in [0.3, 0.4) is 0 Å². The van der Waals surface area contributed by atoms with E-state index in [0.29, 0.717) is 12.6 Å². The second kappa shape index (κ2) is 6.47. The zero-order valence-corrected chi connectivity index (χ0v) is 13.8. The molecule has 6 heteroatoms. The van der Waals surface area contributed by atoms with Crippen LogP contribution in [0.4, 0.5) is 5.95 Å². The maximum atomic E-state index is 5.97. The molecule has 1 fully saturated rings. The van der Waals surface area contributed by atoms with Crippen LogP contribution in [-0.4, -0.2) is 25.6 Å². The Balaban J connectivity index is 1.45. The first-order valence-corrected chi connectivity index (χ1v) is 8.41. The van der Waals surface area contributed by atoms with E-state index in [-0.39, 0.29) is 0 Å². The number of aryl methyl sites for hydroxylation is 1. The quantitative estimate of drug-likeness (QED) is 0.780. The molecule has 0 spiro atoms. The Hall–Kier alpha value is -2.63. The van der Waals surface area contributed by atoms with Crippen molar-refractivity contribution in [3.63, 3.8) is 0 Å². The number of imidazole rings is 1. The van der Waals surface area contributed by atoms with Gasteiger partial charge in [-0.15, -0.1) is 0 Å². The Morgan fingerprint density at radius 2 is 2.12 bits per heavy atom. The zero-order chi connectivity index (χ0) is 16.4. The van der Waals surface area contributed by atoms with Gasteiger partial charge in [0.15, 0.2) is 0 Å². The topological polar surface area (TPSA) is 64.9 Å². The lowest BCUT2D eigenvalue weighted by atomic mass is 10.2. The van der Waals surface area contributed by atoms with Crippen LogP contribution >= 0.6 is 0 Å². The molecule has 1 aliphatic carbocycles. The van der Waals surface area contributed by atoms with Crippen molar-refractivity contribution >= 4 is 17.0 Å². The number of hydrogen-bond acceptors (Lipinski definition) is 5. The molecule has 0 amide bonds. The lowest BCUT2D eigenvalue weighted by Crippen LogP contribution is -2.12. The number of ether oxygens (including phenoxy) is 1. The van der Waals surface area contributed by atoms with E-state index < -0.39 is 0 Å². The summed E-state index contributed by atoms with van der Waals surface area (Å²) in [6.07, 6.45) is 10.5. The van der Waals surface area contributed by atoms with Gasteiger partial charge in [-0.2, -0.15) is 0 Å². The highest BCUT2D eigenvalue weighted by atomic mass is 16.5. The second-order valence-electron chi connectivity index (χ2n) is 6.24. The molecule has 3 heterocycles. The molecule has 3 aromatic heterocycles. The predicted molar refractivity (Wildman–Crippen MR) is 93.0 cm³/mol. The van der Waals surface area contributed by atoms with Gasteiger partial charge in [0.05, 0.1) is 17.2 Å². The zero-order valence-electron chi connectivity index (χ0n) is 13.8. The van der Waals surface area contributed by atoms with Gasteiger partial charge >= 0.3 is 0 Å². The fourth-order valence-electron chi connectivity index (χ4n) is 3.18. The van der Waals surface area contributed by atoms with Crippen LogP contribution in [-0.2, 0) is 13.6 Å². The summed E-state index contributed by atoms with van der Waals surface area (Å²) in [5.74, 6) is 1.54. The van der Waals surface area contributed by atoms with E-state index in [4.69, 9.17) is 4.74 Å². The molecule has 0 aliphatic heterocycles. The third kappa shape index (κ3) is 3.04. The van der Waals surface area contributed by atoms with Crippen molar-refractivity contribution in [2.75, 3.05) is 5.32 Å². The van der Waals surface area contributed by atoms with Crippen LogP contribution in [0.25, 0.3) is 11.0 Å². The first-order chi connectivity index (χ1) is 11.8. The fourth-order valence-corrected chi connectivity index (χ4v) is 3.18. The summed E-state index contributed by atoms with van der Waals surface area (Å²) in [6.45, 7) is 0.675. The molecule has 24 heavy (non-hydrogen) atoms. The Morgan fingerprint density at radius 1 is 1.25 bits per heavy atom. The molecule has 0 aromatic carbocycles. The first kappa shape index (κ1) is 14.9. The molecular weight excluding hydrogens is 302 g/mol. The largest absolute Gasteiger partial charge is 0.474 e. The maximum absolute atomic E-state index is 5.97. The van der Waals surface area contributed by atoms with E-state index in [9.17, 15) is 0 Å². The van der Waals surface area contributed by atoms with Gasteiger partial charge in [-0.25, -0.2) is 9.97 Å². The van der Waals surface area contributed by atoms with Crippen molar-refractivity contribution in [2.24, 2.45) is 7.05 Å². The van der Waals surface area contributed by atoms with E-state index in [1.165, 1.54) is 12.8 Å². The van der Waals surface area contributed by atoms with Gasteiger partial charge in [0.25, 0.3) is 0 Å². The summed E-state index contributed by atoms with van der Waals surface area (Å²) < 4.78 is 7.99. The monoisotopic (exact) mass is 323 g/mol. The Morgan fingerprint density at radius 3 is 2.96 bits per heavy atom. The molecule has 1 saturated carbocycles. The van der Waals surface area contributed by atoms with E-state index in [1.54, 1.807) is 12.4 Å². The van der Waals surface area contributed by atoms with Crippen molar-refractivity contribution in [3.8, 4) is 5.88 Å². The van der Waals surface area contributed by atoms with Gasteiger partial charge in [0.2, 0.25) is 11.8 Å². The highest BCUT2D eigenvalue weighted by Gasteiger charge is 2.17. The van der Waals surface area contributed by atoms with Crippen LogP contribution in [0.5, 0.6) is 5.88 Å². The number of nitrogens with zero attached hydrogens (tertiary/aromatic N) is 4. The molecular formula is C18H21N5O. The number of anilines is 1. The van der Waals surface area contributed by atoms with Crippen molar-refractivity contribution in [1.29, 1.82) is 0 Å². The molecule has 1 N–H and O–H groups in total. The molecule has 3 aromatic rings. The minimum absolute atomic E-state index is 0.327. The highest BCUT2D eigenvalue weighted by Crippen LogP contribution is 2.23. The molecule has 124 valence electrons. The van der Waals surface area contributed by atoms with Gasteiger partial charge in [0.1, 0.15) is 6.10 Å². The van der Waals surface area contributed by atoms with Crippen molar-refractivity contribution < 1.29 is 4.74 Å². The van der Waals surface area contributed by atoms with Gasteiger partial charge in [0, 0.05) is 32.1 Å². The number of pyridine rings is 2. The van der Waals surface area contributed by atoms with Gasteiger partial charge in [-0.05, 0) is 43.4 Å². The van der Waals surface area contributed by atoms with Gasteiger partial charge in [-0.3, -0.25) is 4.98 Å². The molecule has 0 bridgehead atoms. The predicted octanol–water partition coefficient (Wildman–Crippen LogP) is 3.30. The van der Waals surface area contributed by atoms with Crippen LogP contribution in [0.15, 0.2) is 36.8 Å². The standard InChI is InChI=1S/C18H21N5O/c1-23-16-12-19-8-7-15(16)22-18(23)21-11-13-6-9-20-17(10-13)24-14-4-2-3-5-14/h6-10,12,14H,2-5,11H2,1H3,(H,21,22). The van der Waals surface area contributed by atoms with E-state index in [0.717, 1.165) is 41.3 Å². The van der Waals surface area contributed by atoms with E-state index >= 15 is 0 Å². The Labute approximate surface area is 140 Å². The molecule has 0 unspecified atom stereocenters. The maximum Gasteiger partial charge on any atom is 0.213 e. The normalized spacial score (nSPS) is 15.0. The van der Waals surface area contributed by atoms with Crippen LogP contribution < -0.4 is 10.1 Å². The fraction of sp³-hybridized carbons (Fsp3) is 0.389. The van der Waals surface area contributed by atoms with Crippen molar-refractivity contribution in [1.82, 2.24) is 19.5 Å². The second-order valence-corrected chi connectivity index (χ2v) is 6.24. The summed E-state index contributed by atoms with van der Waals surface area (Å²) in [6, 6.07) is 5.93. The number of hydrogen-bond donors (Lipinski definition) is 1. The third-order valence-electron chi connectivity index (χ3n) is 4.52. The molecule has 0 radical (unpaired) electrons. The number of rotatable bonds is 5. The Bertz CT molecular complexity index is 838. The van der Waals surface area contributed by atoms with E-state index in [1.807, 2.05) is 36.0 Å². The molecule has 1 aliphatic rings. The Kier molecular flexibility index (Phi) is 4.02. The summed E-state index contributed by atoms with van der Waals surface area (Å²) in [4.78, 5) is 13.1. The average molecular weight is 323 g/mol. The SMILES string of the molecule is Cn1c(NCc2ccnc(OC3CCCC3)c2)nc2ccncc21. The summed E-state index contributed by atoms with van der Waals surface area (Å²) >= 11 is 0. The molecule has 4 rings (SSSR count). The van der Waals surface area contributed by atoms with Crippen molar-refractivity contribution in [2.45, 2.75) is 38.3 Å². The van der Waals surface area contributed by atoms with Crippen LogP contribution in [0.2, 0.25) is 0 Å². The molecule has 6 nitrogen and oxygen atoms in total. The first-order valence-electron chi connectivity index (χ1n) is 8.41. The molecule has 0 atom stereocenters. The van der Waals surface area contributed by atoms with E-state index in [2.05, 4.69) is 20.3 Å². The smallest absolute Gasteiger partial charge is 0.213 e. The minimum Gasteiger partial charge on any atom is -0.474 e.